The third-order valence-corrected chi connectivity index (χ3v) is 5.10. The number of hydrogen-bond acceptors (Lipinski definition) is 6. The number of nitrogens with zero attached hydrogens (tertiary/aromatic N) is 2. The minimum absolute atomic E-state index is 0.0591. The largest absolute Gasteiger partial charge is 0.497 e. The lowest BCUT2D eigenvalue weighted by Crippen LogP contribution is -2.21. The van der Waals surface area contributed by atoms with E-state index in [9.17, 15) is 9.59 Å². The molecule has 0 saturated heterocycles. The molecular formula is C21H20N2O4S. The standard InChI is InChI=1S/C21H20N2O4S/c1-14-5-4-6-15(11-14)23-10-9-22-20(21(23)25)28-13-18(24)17-12-16(26-2)7-8-19(17)27-3/h4-12H,13H2,1-3H3. The number of Topliss-reactive ketones (excluding diaryl/α,β-unsaturated/α-hetero) is 1. The quantitative estimate of drug-likeness (QED) is 0.449. The van der Waals surface area contributed by atoms with Crippen LogP contribution in [0.15, 0.2) is 64.7 Å². The smallest absolute Gasteiger partial charge is 0.287 e. The molecule has 0 radical (unpaired) electrons. The van der Waals surface area contributed by atoms with Gasteiger partial charge in [-0.05, 0) is 42.8 Å². The van der Waals surface area contributed by atoms with E-state index in [-0.39, 0.29) is 22.1 Å². The van der Waals surface area contributed by atoms with Crippen LogP contribution >= 0.6 is 11.8 Å². The molecule has 0 saturated carbocycles. The number of carbonyl (C=O) groups is 1. The van der Waals surface area contributed by atoms with Crippen LogP contribution in [-0.4, -0.2) is 35.3 Å². The molecular weight excluding hydrogens is 376 g/mol. The second kappa shape index (κ2) is 8.75. The van der Waals surface area contributed by atoms with Crippen molar-refractivity contribution >= 4 is 17.5 Å². The highest BCUT2D eigenvalue weighted by Gasteiger charge is 2.16. The van der Waals surface area contributed by atoms with Crippen LogP contribution in [0.1, 0.15) is 15.9 Å². The summed E-state index contributed by atoms with van der Waals surface area (Å²) in [6.07, 6.45) is 3.18. The van der Waals surface area contributed by atoms with Crippen LogP contribution in [0, 0.1) is 6.92 Å². The van der Waals surface area contributed by atoms with Gasteiger partial charge in [0.2, 0.25) is 0 Å². The fraction of sp³-hybridized carbons (Fsp3) is 0.190. The Bertz CT molecular complexity index is 1060. The molecule has 0 amide bonds. The average molecular weight is 396 g/mol. The van der Waals surface area contributed by atoms with Crippen molar-refractivity contribution < 1.29 is 14.3 Å². The van der Waals surface area contributed by atoms with Gasteiger partial charge in [0.1, 0.15) is 11.5 Å². The molecule has 0 N–H and O–H groups in total. The zero-order chi connectivity index (χ0) is 20.1. The molecule has 0 aliphatic carbocycles. The second-order valence-corrected chi connectivity index (χ2v) is 6.99. The zero-order valence-corrected chi connectivity index (χ0v) is 16.7. The fourth-order valence-corrected chi connectivity index (χ4v) is 3.50. The van der Waals surface area contributed by atoms with Crippen molar-refractivity contribution in [3.63, 3.8) is 0 Å². The monoisotopic (exact) mass is 396 g/mol. The van der Waals surface area contributed by atoms with E-state index in [2.05, 4.69) is 4.98 Å². The summed E-state index contributed by atoms with van der Waals surface area (Å²) in [6, 6.07) is 12.7. The lowest BCUT2D eigenvalue weighted by atomic mass is 10.1. The highest BCUT2D eigenvalue weighted by molar-refractivity contribution is 7.99. The van der Waals surface area contributed by atoms with Crippen LogP contribution in [0.2, 0.25) is 0 Å². The first kappa shape index (κ1) is 19.7. The molecule has 1 aromatic heterocycles. The van der Waals surface area contributed by atoms with Crippen molar-refractivity contribution in [3.8, 4) is 17.2 Å². The summed E-state index contributed by atoms with van der Waals surface area (Å²) in [5, 5.41) is 0.263. The summed E-state index contributed by atoms with van der Waals surface area (Å²) in [5.41, 5.74) is 1.96. The van der Waals surface area contributed by atoms with Gasteiger partial charge < -0.3 is 9.47 Å². The molecule has 0 unspecified atom stereocenters. The van der Waals surface area contributed by atoms with Gasteiger partial charge in [-0.1, -0.05) is 23.9 Å². The van der Waals surface area contributed by atoms with E-state index in [0.717, 1.165) is 23.0 Å². The molecule has 6 nitrogen and oxygen atoms in total. The van der Waals surface area contributed by atoms with E-state index in [0.29, 0.717) is 17.1 Å². The molecule has 2 aromatic carbocycles. The first-order valence-corrected chi connectivity index (χ1v) is 9.54. The predicted octanol–water partition coefficient (Wildman–Crippen LogP) is 3.53. The van der Waals surface area contributed by atoms with Crippen molar-refractivity contribution in [2.45, 2.75) is 11.9 Å². The van der Waals surface area contributed by atoms with Crippen LogP contribution in [0.3, 0.4) is 0 Å². The van der Waals surface area contributed by atoms with Crippen LogP contribution in [0.4, 0.5) is 0 Å². The summed E-state index contributed by atoms with van der Waals surface area (Å²) in [7, 11) is 3.04. The van der Waals surface area contributed by atoms with Gasteiger partial charge in [-0.25, -0.2) is 4.98 Å². The predicted molar refractivity (Wildman–Crippen MR) is 109 cm³/mol. The number of thioether (sulfide) groups is 1. The van der Waals surface area contributed by atoms with Gasteiger partial charge in [0.15, 0.2) is 10.8 Å². The number of aryl methyl sites for hydroxylation is 1. The van der Waals surface area contributed by atoms with Gasteiger partial charge in [0, 0.05) is 18.1 Å². The minimum atomic E-state index is -0.261. The van der Waals surface area contributed by atoms with Gasteiger partial charge in [-0.3, -0.25) is 14.2 Å². The van der Waals surface area contributed by atoms with Crippen molar-refractivity contribution in [1.29, 1.82) is 0 Å². The molecule has 28 heavy (non-hydrogen) atoms. The van der Waals surface area contributed by atoms with Crippen molar-refractivity contribution in [1.82, 2.24) is 9.55 Å². The van der Waals surface area contributed by atoms with Gasteiger partial charge in [-0.2, -0.15) is 0 Å². The fourth-order valence-electron chi connectivity index (χ4n) is 2.72. The topological polar surface area (TPSA) is 70.4 Å². The Morgan fingerprint density at radius 1 is 1.14 bits per heavy atom. The molecule has 0 fully saturated rings. The minimum Gasteiger partial charge on any atom is -0.497 e. The number of methoxy groups -OCH3 is 2. The van der Waals surface area contributed by atoms with E-state index < -0.39 is 0 Å². The van der Waals surface area contributed by atoms with E-state index >= 15 is 0 Å². The molecule has 7 heteroatoms. The Labute approximate surface area is 167 Å². The van der Waals surface area contributed by atoms with Crippen LogP contribution < -0.4 is 15.0 Å². The summed E-state index contributed by atoms with van der Waals surface area (Å²) >= 11 is 1.11. The summed E-state index contributed by atoms with van der Waals surface area (Å²) in [6.45, 7) is 1.96. The van der Waals surface area contributed by atoms with E-state index in [1.807, 2.05) is 31.2 Å². The number of hydrogen-bond donors (Lipinski definition) is 0. The number of ether oxygens (including phenoxy) is 2. The molecule has 0 atom stereocenters. The Balaban J connectivity index is 1.83. The first-order valence-electron chi connectivity index (χ1n) is 8.56. The van der Waals surface area contributed by atoms with Crippen LogP contribution in [0.5, 0.6) is 11.5 Å². The maximum atomic E-state index is 12.8. The van der Waals surface area contributed by atoms with E-state index in [1.165, 1.54) is 18.8 Å². The molecule has 144 valence electrons. The zero-order valence-electron chi connectivity index (χ0n) is 15.8. The molecule has 3 rings (SSSR count). The molecule has 0 bridgehead atoms. The third kappa shape index (κ3) is 4.26. The van der Waals surface area contributed by atoms with Crippen molar-refractivity contribution in [2.75, 3.05) is 20.0 Å². The maximum absolute atomic E-state index is 12.8. The lowest BCUT2D eigenvalue weighted by Gasteiger charge is -2.10. The highest BCUT2D eigenvalue weighted by atomic mass is 32.2. The molecule has 3 aromatic rings. The number of ketones is 1. The second-order valence-electron chi connectivity index (χ2n) is 6.02. The first-order chi connectivity index (χ1) is 13.5. The van der Waals surface area contributed by atoms with Crippen molar-refractivity contribution in [3.05, 3.63) is 76.3 Å². The number of carbonyl (C=O) groups excluding carboxylic acids is 1. The normalized spacial score (nSPS) is 10.5. The SMILES string of the molecule is COc1ccc(OC)c(C(=O)CSc2nccn(-c3cccc(C)c3)c2=O)c1. The maximum Gasteiger partial charge on any atom is 0.287 e. The average Bonchev–Trinajstić information content (AvgIpc) is 2.72. The van der Waals surface area contributed by atoms with Crippen LogP contribution in [-0.2, 0) is 0 Å². The van der Waals surface area contributed by atoms with E-state index in [1.54, 1.807) is 30.6 Å². The Kier molecular flexibility index (Phi) is 6.16. The number of aromatic nitrogens is 2. The summed E-state index contributed by atoms with van der Waals surface area (Å²) < 4.78 is 12.0. The van der Waals surface area contributed by atoms with E-state index in [4.69, 9.17) is 9.47 Å². The number of benzene rings is 2. The third-order valence-electron chi connectivity index (χ3n) is 4.14. The van der Waals surface area contributed by atoms with Crippen LogP contribution in [0.25, 0.3) is 5.69 Å². The molecule has 1 heterocycles. The van der Waals surface area contributed by atoms with Gasteiger partial charge in [0.25, 0.3) is 5.56 Å². The van der Waals surface area contributed by atoms with Crippen molar-refractivity contribution in [2.24, 2.45) is 0 Å². The summed E-state index contributed by atoms with van der Waals surface area (Å²) in [5.74, 6) is 0.912. The Morgan fingerprint density at radius 3 is 2.68 bits per heavy atom. The molecule has 0 aliphatic heterocycles. The lowest BCUT2D eigenvalue weighted by molar-refractivity contribution is 0.101. The summed E-state index contributed by atoms with van der Waals surface area (Å²) in [4.78, 5) is 29.6. The van der Waals surface area contributed by atoms with Gasteiger partial charge >= 0.3 is 0 Å². The Hall–Kier alpha value is -3.06. The molecule has 0 spiro atoms. The number of rotatable bonds is 7. The highest BCUT2D eigenvalue weighted by Crippen LogP contribution is 2.26. The molecule has 0 aliphatic rings. The van der Waals surface area contributed by atoms with Gasteiger partial charge in [-0.15, -0.1) is 0 Å². The van der Waals surface area contributed by atoms with Gasteiger partial charge in [0.05, 0.1) is 25.5 Å². The Morgan fingerprint density at radius 2 is 1.96 bits per heavy atom.